The molecule has 0 fully saturated rings. The normalized spacial score (nSPS) is 8.55. The van der Waals surface area contributed by atoms with Crippen LogP contribution in [-0.4, -0.2) is 83.6 Å². The summed E-state index contributed by atoms with van der Waals surface area (Å²) in [7, 11) is -7.48. The van der Waals surface area contributed by atoms with Crippen LogP contribution in [0.3, 0.4) is 0 Å². The van der Waals surface area contributed by atoms with Gasteiger partial charge >= 0.3 is 33.6 Å². The zero-order chi connectivity index (χ0) is 39.7. The van der Waals surface area contributed by atoms with Gasteiger partial charge in [0.05, 0.1) is 24.0 Å². The van der Waals surface area contributed by atoms with Crippen LogP contribution in [0.5, 0.6) is 23.0 Å². The van der Waals surface area contributed by atoms with Crippen molar-refractivity contribution in [2.75, 3.05) is 14.2 Å². The van der Waals surface area contributed by atoms with E-state index in [0.717, 1.165) is 38.5 Å². The third-order valence-corrected chi connectivity index (χ3v) is 8.48. The molecule has 24 nitrogen and oxygen atoms in total. The second-order valence-electron chi connectivity index (χ2n) is 10.3. The van der Waals surface area contributed by atoms with Gasteiger partial charge in [-0.2, -0.15) is 0 Å². The predicted octanol–water partition coefficient (Wildman–Crippen LogP) is -4.86. The van der Waals surface area contributed by atoms with Crippen molar-refractivity contribution < 1.29 is 144 Å². The van der Waals surface area contributed by atoms with E-state index >= 15 is 0 Å². The molecule has 0 saturated carbocycles. The molecule has 0 spiro atoms. The third kappa shape index (κ3) is 25.6. The van der Waals surface area contributed by atoms with Gasteiger partial charge in [0.1, 0.15) is 31.7 Å². The molecule has 0 amide bonds. The molecular formula is C38H56Co2N2O22S2+6. The number of aromatic nitrogens is 2. The Morgan fingerprint density at radius 2 is 0.697 bits per heavy atom. The van der Waals surface area contributed by atoms with Crippen molar-refractivity contribution in [3.05, 3.63) is 168 Å². The zero-order valence-electron chi connectivity index (χ0n) is 34.6. The Labute approximate surface area is 398 Å². The molecule has 0 unspecified atom stereocenters. The summed E-state index contributed by atoms with van der Waals surface area (Å²) in [6.45, 7) is 0. The maximum absolute atomic E-state index is 12.2. The fourth-order valence-electron chi connectivity index (χ4n) is 4.26. The fraction of sp³-hybridized carbons (Fsp3) is 0.0526. The smallest absolute Gasteiger partial charge is 0.872 e. The fourth-order valence-corrected chi connectivity index (χ4v) is 5.56. The largest absolute Gasteiger partial charge is 2.00 e. The number of rotatable bonds is 8. The molecule has 2 radical (unpaired) electrons. The molecule has 0 atom stereocenters. The van der Waals surface area contributed by atoms with E-state index in [9.17, 15) is 45.7 Å². The molecule has 4 aromatic carbocycles. The quantitative estimate of drug-likeness (QED) is 0.0784. The Morgan fingerprint density at radius 3 is 0.879 bits per heavy atom. The molecule has 0 aliphatic heterocycles. The van der Waals surface area contributed by atoms with Crippen molar-refractivity contribution in [2.24, 2.45) is 0 Å². The van der Waals surface area contributed by atoms with Gasteiger partial charge in [-0.3, -0.25) is 19.6 Å². The number of hydrogen-bond donors (Lipinski definition) is 0. The zero-order valence-corrected chi connectivity index (χ0v) is 38.3. The molecule has 66 heavy (non-hydrogen) atoms. The number of carbonyl (C=O) groups is 2. The molecule has 6 rings (SSSR count). The van der Waals surface area contributed by atoms with Gasteiger partial charge in [0.2, 0.25) is 0 Å². The van der Waals surface area contributed by atoms with Crippen LogP contribution in [0.4, 0.5) is 0 Å². The number of carbonyl (C=O) groups excluding carboxylic acids is 2. The first kappa shape index (κ1) is 83.7. The van der Waals surface area contributed by atoms with Gasteiger partial charge in [-0.05, 0) is 48.5 Å². The molecule has 0 aliphatic carbocycles. The van der Waals surface area contributed by atoms with Gasteiger partial charge in [-0.15, -0.1) is 0 Å². The van der Waals surface area contributed by atoms with Gasteiger partial charge in [0, 0.05) is 47.0 Å². The van der Waals surface area contributed by atoms with E-state index in [1.54, 1.807) is 61.2 Å². The topological polar surface area (TPSA) is 563 Å². The molecule has 374 valence electrons. The van der Waals surface area contributed by atoms with E-state index < -0.39 is 64.2 Å². The number of benzene rings is 4. The van der Waals surface area contributed by atoms with Crippen LogP contribution >= 0.6 is 0 Å². The number of nitrogens with zero attached hydrogens (tertiary/aromatic N) is 2. The SMILES string of the molecule is COc1cc([O-])c(C(=O)c2ccccc2)cc1S(=O)(=O)[O-].COc1cc([O-])c(C(=O)c2ccccc2)cc1S(=O)(=O)[O-].O.O.O.O.[Co+2].[Co+2].[OH3+].[OH3+].[OH3+].[OH3+].[OH3+].[OH3+].c1ccncc1.c1ccncc1. The predicted molar refractivity (Wildman–Crippen MR) is 233 cm³/mol. The monoisotopic (exact) mass is 1070 g/mol. The minimum absolute atomic E-state index is 0. The van der Waals surface area contributed by atoms with Crippen LogP contribution in [0.2, 0.25) is 0 Å². The average molecular weight is 1070 g/mol. The molecule has 2 heterocycles. The summed E-state index contributed by atoms with van der Waals surface area (Å²) >= 11 is 0. The second kappa shape index (κ2) is 40.6. The molecule has 2 aromatic heterocycles. The summed E-state index contributed by atoms with van der Waals surface area (Å²) in [4.78, 5) is 30.5. The van der Waals surface area contributed by atoms with Crippen molar-refractivity contribution in [2.45, 2.75) is 9.79 Å². The number of methoxy groups -OCH3 is 2. The maximum Gasteiger partial charge on any atom is 2.00 e. The first-order valence-electron chi connectivity index (χ1n) is 15.3. The van der Waals surface area contributed by atoms with Crippen molar-refractivity contribution in [1.82, 2.24) is 9.97 Å². The van der Waals surface area contributed by atoms with E-state index in [2.05, 4.69) is 9.97 Å². The van der Waals surface area contributed by atoms with Crippen LogP contribution < -0.4 is 19.7 Å². The van der Waals surface area contributed by atoms with Crippen LogP contribution in [0, 0.1) is 0 Å². The number of ether oxygens (including phenoxy) is 2. The molecule has 0 aliphatic rings. The van der Waals surface area contributed by atoms with E-state index in [4.69, 9.17) is 9.47 Å². The molecule has 0 saturated heterocycles. The maximum atomic E-state index is 12.2. The van der Waals surface area contributed by atoms with Crippen LogP contribution in [-0.2, 0) is 86.7 Å². The first-order valence-corrected chi connectivity index (χ1v) is 18.1. The van der Waals surface area contributed by atoms with Crippen LogP contribution in [0.15, 0.2) is 156 Å². The minimum atomic E-state index is -4.87. The summed E-state index contributed by atoms with van der Waals surface area (Å²) in [5, 5.41) is 23.8. The van der Waals surface area contributed by atoms with E-state index in [0.29, 0.717) is 0 Å². The summed E-state index contributed by atoms with van der Waals surface area (Å²) in [6, 6.07) is 30.3. The number of pyridine rings is 2. The minimum Gasteiger partial charge on any atom is -0.872 e. The van der Waals surface area contributed by atoms with Gasteiger partial charge in [0.25, 0.3) is 0 Å². The Bertz CT molecular complexity index is 2160. The van der Waals surface area contributed by atoms with Gasteiger partial charge in [-0.25, -0.2) is 16.8 Å². The Kier molecular flexibility index (Phi) is 51.5. The third-order valence-electron chi connectivity index (χ3n) is 6.76. The van der Waals surface area contributed by atoms with E-state index in [1.807, 2.05) is 36.4 Å². The van der Waals surface area contributed by atoms with E-state index in [1.165, 1.54) is 24.3 Å². The number of hydrogen-bond acceptors (Lipinski definition) is 14. The number of ketones is 2. The average Bonchev–Trinajstić information content (AvgIpc) is 3.19. The first-order chi connectivity index (χ1) is 25.7. The molecule has 0 bridgehead atoms. The summed E-state index contributed by atoms with van der Waals surface area (Å²) in [5.74, 6) is -3.50. The Hall–Kier alpha value is -5.85. The van der Waals surface area contributed by atoms with Crippen molar-refractivity contribution in [3.8, 4) is 23.0 Å². The molecule has 6 aromatic rings. The van der Waals surface area contributed by atoms with Crippen molar-refractivity contribution >= 4 is 31.8 Å². The summed E-state index contributed by atoms with van der Waals surface area (Å²) in [6.07, 6.45) is 7.00. The van der Waals surface area contributed by atoms with Gasteiger partial charge < -0.3 is 83.6 Å². The standard InChI is InChI=1S/2C14H12O6S.2C5H5N.2Co.10H2O/c2*1-20-12-8-11(15)10(7-13(12)21(17,18)19)14(16)9-5-3-2-4-6-9;2*1-2-4-6-5-3-1;;;;;;;;;;;;/h2*2-8,15H,1H3,(H,17,18,19);2*1-5H;;;10*1H2/q;;;;2*+2;;;;;;;;;;/p+2. The van der Waals surface area contributed by atoms with Crippen LogP contribution in [0.25, 0.3) is 0 Å². The van der Waals surface area contributed by atoms with Crippen LogP contribution in [0.1, 0.15) is 31.8 Å². The summed E-state index contributed by atoms with van der Waals surface area (Å²) < 4.78 is 76.5. The summed E-state index contributed by atoms with van der Waals surface area (Å²) in [5.41, 5.74) is -0.351. The van der Waals surface area contributed by atoms with Crippen molar-refractivity contribution in [1.29, 1.82) is 0 Å². The molecule has 28 heteroatoms. The van der Waals surface area contributed by atoms with Crippen molar-refractivity contribution in [3.63, 3.8) is 0 Å². The molecule has 26 N–H and O–H groups in total. The van der Waals surface area contributed by atoms with Gasteiger partial charge in [-0.1, -0.05) is 84.3 Å². The van der Waals surface area contributed by atoms with Gasteiger partial charge in [0.15, 0.2) is 11.6 Å². The molecular weight excluding hydrogens is 1020 g/mol. The Balaban J connectivity index is -0.0000000824. The second-order valence-corrected chi connectivity index (χ2v) is 13.0. The van der Waals surface area contributed by atoms with E-state index in [-0.39, 0.29) is 111 Å². The Morgan fingerprint density at radius 1 is 0.455 bits per heavy atom.